The highest BCUT2D eigenvalue weighted by Crippen LogP contribution is 2.39. The Labute approximate surface area is 251 Å². The summed E-state index contributed by atoms with van der Waals surface area (Å²) in [5.41, 5.74) is 3.11. The van der Waals surface area contributed by atoms with Crippen LogP contribution in [0.3, 0.4) is 0 Å². The normalized spacial score (nSPS) is 18.3. The number of carbonyl (C=O) groups is 1. The van der Waals surface area contributed by atoms with Gasteiger partial charge in [-0.05, 0) is 113 Å². The van der Waals surface area contributed by atoms with Gasteiger partial charge in [0.2, 0.25) is 15.9 Å². The first kappa shape index (κ1) is 34.0. The van der Waals surface area contributed by atoms with Crippen LogP contribution in [0.2, 0.25) is 0 Å². The summed E-state index contributed by atoms with van der Waals surface area (Å²) in [6.45, 7) is 8.24. The van der Waals surface area contributed by atoms with Gasteiger partial charge in [-0.25, -0.2) is 12.8 Å². The summed E-state index contributed by atoms with van der Waals surface area (Å²) in [6.07, 6.45) is 4.03. The quantitative estimate of drug-likeness (QED) is 0.305. The molecule has 8 nitrogen and oxygen atoms in total. The zero-order chi connectivity index (χ0) is 31.0. The van der Waals surface area contributed by atoms with Crippen molar-refractivity contribution in [2.24, 2.45) is 11.8 Å². The van der Waals surface area contributed by atoms with E-state index in [0.29, 0.717) is 46.7 Å². The standard InChI is InChI=1S/C32H48FN3O5S/c1-8-36(42(38,39)32-22(2)18-29(40-7)23(3)24(32)4)16-17-41-21-30(37)34-20-25-12-14-26(15-13-25)31(35(5)6)27-10-9-11-28(33)19-27/h9-11,18-19,25-26,31H,8,12-17,20-21H2,1-7H3,(H,34,37). The first-order valence-electron chi connectivity index (χ1n) is 14.8. The first-order chi connectivity index (χ1) is 19.9. The second-order valence-corrected chi connectivity index (χ2v) is 13.4. The van der Waals surface area contributed by atoms with Crippen LogP contribution in [0, 0.1) is 38.4 Å². The van der Waals surface area contributed by atoms with Gasteiger partial charge in [-0.1, -0.05) is 19.1 Å². The average Bonchev–Trinajstić information content (AvgIpc) is 2.94. The molecule has 1 fully saturated rings. The number of carbonyl (C=O) groups excluding carboxylic acids is 1. The van der Waals surface area contributed by atoms with Gasteiger partial charge in [0, 0.05) is 25.7 Å². The number of nitrogens with one attached hydrogen (secondary N) is 1. The first-order valence-corrected chi connectivity index (χ1v) is 16.3. The van der Waals surface area contributed by atoms with E-state index < -0.39 is 10.0 Å². The van der Waals surface area contributed by atoms with E-state index in [-0.39, 0.29) is 37.5 Å². The van der Waals surface area contributed by atoms with E-state index in [1.54, 1.807) is 46.1 Å². The maximum Gasteiger partial charge on any atom is 0.246 e. The number of rotatable bonds is 14. The van der Waals surface area contributed by atoms with Crippen molar-refractivity contribution < 1.29 is 27.1 Å². The monoisotopic (exact) mass is 605 g/mol. The highest BCUT2D eigenvalue weighted by molar-refractivity contribution is 7.89. The molecule has 1 N–H and O–H groups in total. The number of hydrogen-bond acceptors (Lipinski definition) is 6. The van der Waals surface area contributed by atoms with Gasteiger partial charge in [-0.2, -0.15) is 4.31 Å². The van der Waals surface area contributed by atoms with Crippen LogP contribution in [-0.2, 0) is 19.6 Å². The molecule has 42 heavy (non-hydrogen) atoms. The van der Waals surface area contributed by atoms with Crippen LogP contribution < -0.4 is 10.1 Å². The predicted octanol–water partition coefficient (Wildman–Crippen LogP) is 5.01. The fourth-order valence-electron chi connectivity index (χ4n) is 6.24. The molecule has 2 aromatic carbocycles. The summed E-state index contributed by atoms with van der Waals surface area (Å²) in [4.78, 5) is 14.9. The van der Waals surface area contributed by atoms with Crippen LogP contribution >= 0.6 is 0 Å². The highest BCUT2D eigenvalue weighted by Gasteiger charge is 2.31. The number of methoxy groups -OCH3 is 1. The third-order valence-corrected chi connectivity index (χ3v) is 10.8. The van der Waals surface area contributed by atoms with Crippen LogP contribution in [0.1, 0.15) is 60.9 Å². The number of amides is 1. The summed E-state index contributed by atoms with van der Waals surface area (Å²) in [7, 11) is 1.91. The van der Waals surface area contributed by atoms with Crippen molar-refractivity contribution in [3.05, 3.63) is 58.4 Å². The molecule has 3 rings (SSSR count). The Balaban J connectivity index is 1.44. The summed E-state index contributed by atoms with van der Waals surface area (Å²) >= 11 is 0. The lowest BCUT2D eigenvalue weighted by Gasteiger charge is -2.37. The van der Waals surface area contributed by atoms with Crippen LogP contribution in [-0.4, -0.2) is 77.6 Å². The van der Waals surface area contributed by atoms with Crippen molar-refractivity contribution >= 4 is 15.9 Å². The van der Waals surface area contributed by atoms with Gasteiger partial charge in [-0.3, -0.25) is 4.79 Å². The smallest absolute Gasteiger partial charge is 0.246 e. The maximum atomic E-state index is 13.9. The molecule has 0 bridgehead atoms. The van der Waals surface area contributed by atoms with Crippen molar-refractivity contribution in [2.45, 2.75) is 64.3 Å². The molecule has 1 saturated carbocycles. The van der Waals surface area contributed by atoms with E-state index in [9.17, 15) is 17.6 Å². The van der Waals surface area contributed by atoms with Gasteiger partial charge >= 0.3 is 0 Å². The Morgan fingerprint density at radius 2 is 1.79 bits per heavy atom. The predicted molar refractivity (Wildman–Crippen MR) is 164 cm³/mol. The van der Waals surface area contributed by atoms with Gasteiger partial charge < -0.3 is 19.7 Å². The van der Waals surface area contributed by atoms with E-state index in [4.69, 9.17) is 9.47 Å². The van der Waals surface area contributed by atoms with Crippen molar-refractivity contribution in [1.29, 1.82) is 0 Å². The molecule has 0 heterocycles. The Hall–Kier alpha value is -2.53. The fourth-order valence-corrected chi connectivity index (χ4v) is 8.16. The van der Waals surface area contributed by atoms with Gasteiger partial charge in [0.15, 0.2) is 0 Å². The fraction of sp³-hybridized carbons (Fsp3) is 0.594. The number of sulfonamides is 1. The summed E-state index contributed by atoms with van der Waals surface area (Å²) in [5, 5.41) is 2.98. The SMILES string of the molecule is CCN(CCOCC(=O)NCC1CCC(C(c2cccc(F)c2)N(C)C)CC1)S(=O)(=O)c1c(C)cc(OC)c(C)c1C. The lowest BCUT2D eigenvalue weighted by molar-refractivity contribution is -0.126. The zero-order valence-electron chi connectivity index (χ0n) is 26.2. The van der Waals surface area contributed by atoms with E-state index in [2.05, 4.69) is 10.2 Å². The molecule has 1 unspecified atom stereocenters. The summed E-state index contributed by atoms with van der Waals surface area (Å²) < 4.78 is 53.2. The van der Waals surface area contributed by atoms with E-state index >= 15 is 0 Å². The molecule has 0 aromatic heterocycles. The van der Waals surface area contributed by atoms with Gasteiger partial charge in [0.25, 0.3) is 0 Å². The van der Waals surface area contributed by atoms with Crippen molar-refractivity contribution in [3.63, 3.8) is 0 Å². The molecular weight excluding hydrogens is 557 g/mol. The Bertz CT molecular complexity index is 1310. The molecule has 0 saturated heterocycles. The molecule has 2 aromatic rings. The van der Waals surface area contributed by atoms with E-state index in [1.807, 2.05) is 27.1 Å². The average molecular weight is 606 g/mol. The number of aryl methyl sites for hydroxylation is 1. The third kappa shape index (κ3) is 8.30. The molecule has 234 valence electrons. The summed E-state index contributed by atoms with van der Waals surface area (Å²) in [6, 6.07) is 8.80. The molecule has 1 amide bonds. The van der Waals surface area contributed by atoms with Gasteiger partial charge in [0.05, 0.1) is 18.6 Å². The molecule has 1 aliphatic rings. The zero-order valence-corrected chi connectivity index (χ0v) is 27.0. The number of halogens is 1. The topological polar surface area (TPSA) is 88.2 Å². The Kier molecular flexibility index (Phi) is 12.4. The molecule has 1 atom stereocenters. The van der Waals surface area contributed by atoms with Crippen molar-refractivity contribution in [3.8, 4) is 5.75 Å². The summed E-state index contributed by atoms with van der Waals surface area (Å²) in [5.74, 6) is 1.08. The van der Waals surface area contributed by atoms with Gasteiger partial charge in [-0.15, -0.1) is 0 Å². The second kappa shape index (κ2) is 15.3. The number of ether oxygens (including phenoxy) is 2. The van der Waals surface area contributed by atoms with Crippen LogP contribution in [0.5, 0.6) is 5.75 Å². The number of likely N-dealkylation sites (N-methyl/N-ethyl adjacent to an activating group) is 1. The van der Waals surface area contributed by atoms with Crippen LogP contribution in [0.4, 0.5) is 4.39 Å². The lowest BCUT2D eigenvalue weighted by Crippen LogP contribution is -2.37. The van der Waals surface area contributed by atoms with Crippen molar-refractivity contribution in [2.75, 3.05) is 54.1 Å². The molecule has 0 radical (unpaired) electrons. The van der Waals surface area contributed by atoms with Crippen LogP contribution in [0.15, 0.2) is 35.2 Å². The molecule has 10 heteroatoms. The lowest BCUT2D eigenvalue weighted by atomic mass is 9.76. The van der Waals surface area contributed by atoms with E-state index in [1.165, 1.54) is 10.4 Å². The number of benzene rings is 2. The minimum Gasteiger partial charge on any atom is -0.496 e. The Morgan fingerprint density at radius 3 is 2.38 bits per heavy atom. The molecule has 0 aliphatic heterocycles. The maximum absolute atomic E-state index is 13.9. The largest absolute Gasteiger partial charge is 0.496 e. The van der Waals surface area contributed by atoms with Crippen LogP contribution in [0.25, 0.3) is 0 Å². The second-order valence-electron chi connectivity index (χ2n) is 11.6. The minimum absolute atomic E-state index is 0.116. The highest BCUT2D eigenvalue weighted by atomic mass is 32.2. The van der Waals surface area contributed by atoms with Gasteiger partial charge in [0.1, 0.15) is 18.2 Å². The minimum atomic E-state index is -3.75. The van der Waals surface area contributed by atoms with Crippen molar-refractivity contribution in [1.82, 2.24) is 14.5 Å². The number of nitrogens with zero attached hydrogens (tertiary/aromatic N) is 2. The molecule has 0 spiro atoms. The molecular formula is C32H48FN3O5S. The van der Waals surface area contributed by atoms with E-state index in [0.717, 1.165) is 36.8 Å². The Morgan fingerprint density at radius 1 is 1.10 bits per heavy atom. The number of hydrogen-bond donors (Lipinski definition) is 1. The third-order valence-electron chi connectivity index (χ3n) is 8.54. The molecule has 1 aliphatic carbocycles.